The van der Waals surface area contributed by atoms with Crippen LogP contribution in [0.2, 0.25) is 0 Å². The Labute approximate surface area is 286 Å². The van der Waals surface area contributed by atoms with Gasteiger partial charge in [-0.15, -0.1) is 0 Å². The Balaban J connectivity index is 1.57. The summed E-state index contributed by atoms with van der Waals surface area (Å²) < 4.78 is 56.5. The standard InChI is InChI=1S/C39H45F2N3O5/c1-24-21-31-42-29-23-44(31)36(32(24)35(37(45)46-7)49-38(3,4)5)43-18-16-39(6,17-19-43)47-20-9-8-11-25(2)48-30-15-14-28(40)34(41)33(30)27-13-10-12-26(29)22-27/h8-10,12-15,21-23,25,35H,11,16-20H2,1-7H3/b9-8-/t25-,35-/m0/s1. The molecular formula is C39H45F2N3O5. The van der Waals surface area contributed by atoms with Gasteiger partial charge in [0.2, 0.25) is 0 Å². The Bertz CT molecular complexity index is 1890. The maximum atomic E-state index is 15.5. The van der Waals surface area contributed by atoms with E-state index < -0.39 is 29.3 Å². The Morgan fingerprint density at radius 3 is 2.53 bits per heavy atom. The molecule has 0 unspecified atom stereocenters. The number of aryl methyl sites for hydroxylation is 1. The number of pyridine rings is 1. The topological polar surface area (TPSA) is 74.5 Å². The Morgan fingerprint density at radius 1 is 1.08 bits per heavy atom. The summed E-state index contributed by atoms with van der Waals surface area (Å²) in [6, 6.07) is 11.7. The highest BCUT2D eigenvalue weighted by molar-refractivity contribution is 5.82. The summed E-state index contributed by atoms with van der Waals surface area (Å²) in [6.07, 6.45) is 6.70. The molecule has 0 radical (unpaired) electrons. The van der Waals surface area contributed by atoms with E-state index in [-0.39, 0.29) is 23.0 Å². The first-order chi connectivity index (χ1) is 23.3. The van der Waals surface area contributed by atoms with Crippen LogP contribution >= 0.6 is 0 Å². The normalized spacial score (nSPS) is 21.2. The number of nitrogens with zero attached hydrogens (tertiary/aromatic N) is 3. The second-order valence-corrected chi connectivity index (χ2v) is 14.3. The number of esters is 1. The molecule has 4 aromatic rings. The SMILES string of the molecule is COC(=O)[C@@H](OC(C)(C)C)c1c(C)cc2nc3cn2c1N1CCC(C)(CC1)OC/C=C\C[C@H](C)Oc1ccc(F)c(F)c1-c1cccc-3c1. The van der Waals surface area contributed by atoms with E-state index in [2.05, 4.69) is 11.8 Å². The monoisotopic (exact) mass is 673 g/mol. The van der Waals surface area contributed by atoms with E-state index in [1.54, 1.807) is 18.2 Å². The summed E-state index contributed by atoms with van der Waals surface area (Å²) in [7, 11) is 1.37. The lowest BCUT2D eigenvalue weighted by molar-refractivity contribution is -0.164. The number of aromatic nitrogens is 2. The summed E-state index contributed by atoms with van der Waals surface area (Å²) in [6.45, 7) is 13.5. The minimum absolute atomic E-state index is 0.0506. The third-order valence-electron chi connectivity index (χ3n) is 9.24. The quantitative estimate of drug-likeness (QED) is 0.160. The molecule has 1 saturated heterocycles. The van der Waals surface area contributed by atoms with Crippen LogP contribution in [0.3, 0.4) is 0 Å². The van der Waals surface area contributed by atoms with Gasteiger partial charge in [0, 0.05) is 36.8 Å². The van der Waals surface area contributed by atoms with E-state index in [4.69, 9.17) is 23.9 Å². The Hall–Kier alpha value is -4.28. The highest BCUT2D eigenvalue weighted by Crippen LogP contribution is 2.41. The highest BCUT2D eigenvalue weighted by atomic mass is 19.2. The number of piperidine rings is 1. The van der Waals surface area contributed by atoms with Gasteiger partial charge in [-0.05, 0) is 89.8 Å². The molecule has 260 valence electrons. The van der Waals surface area contributed by atoms with Crippen molar-refractivity contribution in [3.05, 3.63) is 83.6 Å². The maximum Gasteiger partial charge on any atom is 0.339 e. The van der Waals surface area contributed by atoms with E-state index >= 15 is 4.39 Å². The first-order valence-electron chi connectivity index (χ1n) is 16.8. The molecule has 1 fully saturated rings. The molecular weight excluding hydrogens is 628 g/mol. The summed E-state index contributed by atoms with van der Waals surface area (Å²) in [5, 5.41) is 0. The fourth-order valence-corrected chi connectivity index (χ4v) is 6.65. The molecule has 3 aliphatic heterocycles. The first kappa shape index (κ1) is 34.6. The summed E-state index contributed by atoms with van der Waals surface area (Å²) in [4.78, 5) is 20.7. The molecule has 2 atom stereocenters. The molecule has 8 nitrogen and oxygen atoms in total. The highest BCUT2D eigenvalue weighted by Gasteiger charge is 2.37. The molecule has 0 aliphatic carbocycles. The van der Waals surface area contributed by atoms with Crippen LogP contribution in [0, 0.1) is 18.6 Å². The number of hydrogen-bond donors (Lipinski definition) is 0. The summed E-state index contributed by atoms with van der Waals surface area (Å²) in [5.74, 6) is -1.38. The van der Waals surface area contributed by atoms with Gasteiger partial charge in [-0.2, -0.15) is 0 Å². The number of methoxy groups -OCH3 is 1. The lowest BCUT2D eigenvalue weighted by atomic mass is 9.92. The Morgan fingerprint density at radius 2 is 1.82 bits per heavy atom. The van der Waals surface area contributed by atoms with Crippen molar-refractivity contribution in [3.63, 3.8) is 0 Å². The molecule has 2 aromatic carbocycles. The number of halogens is 2. The van der Waals surface area contributed by atoms with E-state index in [1.807, 2.05) is 69.5 Å². The largest absolute Gasteiger partial charge is 0.490 e. The zero-order chi connectivity index (χ0) is 35.1. The molecule has 0 spiro atoms. The molecule has 2 aromatic heterocycles. The van der Waals surface area contributed by atoms with Crippen molar-refractivity contribution < 1.29 is 32.5 Å². The van der Waals surface area contributed by atoms with Gasteiger partial charge >= 0.3 is 5.97 Å². The molecule has 0 saturated carbocycles. The molecule has 49 heavy (non-hydrogen) atoms. The van der Waals surface area contributed by atoms with Crippen LogP contribution in [0.25, 0.3) is 28.0 Å². The van der Waals surface area contributed by atoms with Crippen LogP contribution in [-0.2, 0) is 19.0 Å². The van der Waals surface area contributed by atoms with Gasteiger partial charge in [-0.25, -0.2) is 18.6 Å². The molecule has 7 rings (SSSR count). The van der Waals surface area contributed by atoms with Crippen molar-refractivity contribution in [3.8, 4) is 28.1 Å². The zero-order valence-electron chi connectivity index (χ0n) is 29.3. The van der Waals surface area contributed by atoms with Gasteiger partial charge in [-0.1, -0.05) is 30.4 Å². The predicted molar refractivity (Wildman–Crippen MR) is 186 cm³/mol. The number of hydrogen-bond acceptors (Lipinski definition) is 7. The van der Waals surface area contributed by atoms with Gasteiger partial charge < -0.3 is 23.8 Å². The van der Waals surface area contributed by atoms with Gasteiger partial charge in [0.1, 0.15) is 17.2 Å². The third kappa shape index (κ3) is 7.21. The molecule has 10 heteroatoms. The smallest absolute Gasteiger partial charge is 0.339 e. The number of anilines is 1. The third-order valence-corrected chi connectivity index (χ3v) is 9.24. The fraction of sp³-hybridized carbons (Fsp3) is 0.436. The van der Waals surface area contributed by atoms with Crippen molar-refractivity contribution in [2.24, 2.45) is 0 Å². The van der Waals surface area contributed by atoms with Crippen molar-refractivity contribution in [1.29, 1.82) is 0 Å². The number of rotatable bonds is 3. The van der Waals surface area contributed by atoms with E-state index in [0.717, 1.165) is 30.3 Å². The molecule has 0 N–H and O–H groups in total. The van der Waals surface area contributed by atoms with Crippen LogP contribution in [-0.4, -0.2) is 59.5 Å². The van der Waals surface area contributed by atoms with Gasteiger partial charge in [0.05, 0.1) is 42.3 Å². The van der Waals surface area contributed by atoms with Crippen LogP contribution in [0.1, 0.15) is 71.1 Å². The minimum Gasteiger partial charge on any atom is -0.490 e. The van der Waals surface area contributed by atoms with Crippen LogP contribution in [0.5, 0.6) is 5.75 Å². The maximum absolute atomic E-state index is 15.5. The lowest BCUT2D eigenvalue weighted by Gasteiger charge is -2.41. The van der Waals surface area contributed by atoms with Crippen LogP contribution < -0.4 is 9.64 Å². The number of ether oxygens (including phenoxy) is 4. The van der Waals surface area contributed by atoms with E-state index in [1.165, 1.54) is 13.2 Å². The average molecular weight is 674 g/mol. The van der Waals surface area contributed by atoms with Crippen molar-refractivity contribution in [2.45, 2.75) is 84.2 Å². The van der Waals surface area contributed by atoms with Crippen molar-refractivity contribution >= 4 is 17.4 Å². The molecule has 3 aliphatic rings. The first-order valence-corrected chi connectivity index (χ1v) is 16.8. The van der Waals surface area contributed by atoms with Crippen molar-refractivity contribution in [2.75, 3.05) is 31.7 Å². The van der Waals surface area contributed by atoms with Crippen molar-refractivity contribution in [1.82, 2.24) is 9.38 Å². The van der Waals surface area contributed by atoms with Gasteiger partial charge in [-0.3, -0.25) is 4.40 Å². The summed E-state index contributed by atoms with van der Waals surface area (Å²) >= 11 is 0. The molecule has 5 heterocycles. The number of imidazole rings is 1. The summed E-state index contributed by atoms with van der Waals surface area (Å²) in [5.41, 5.74) is 3.07. The number of fused-ring (bicyclic) bond motifs is 7. The number of carbonyl (C=O) groups excluding carboxylic acids is 1. The van der Waals surface area contributed by atoms with Crippen LogP contribution in [0.15, 0.2) is 60.8 Å². The zero-order valence-corrected chi connectivity index (χ0v) is 29.3. The second-order valence-electron chi connectivity index (χ2n) is 14.3. The molecule has 0 amide bonds. The number of carbonyl (C=O) groups is 1. The van der Waals surface area contributed by atoms with E-state index in [9.17, 15) is 9.18 Å². The van der Waals surface area contributed by atoms with Gasteiger partial charge in [0.15, 0.2) is 17.7 Å². The van der Waals surface area contributed by atoms with Crippen LogP contribution in [0.4, 0.5) is 14.6 Å². The fourth-order valence-electron chi connectivity index (χ4n) is 6.65. The minimum atomic E-state index is -0.990. The predicted octanol–water partition coefficient (Wildman–Crippen LogP) is 8.39. The molecule has 6 bridgehead atoms. The number of benzene rings is 2. The lowest BCUT2D eigenvalue weighted by Crippen LogP contribution is -2.45. The van der Waals surface area contributed by atoms with Gasteiger partial charge in [0.25, 0.3) is 0 Å². The Kier molecular flexibility index (Phi) is 9.57. The average Bonchev–Trinajstić information content (AvgIpc) is 3.48. The second kappa shape index (κ2) is 13.6. The van der Waals surface area contributed by atoms with E-state index in [0.29, 0.717) is 54.1 Å².